The van der Waals surface area contributed by atoms with Crippen molar-refractivity contribution >= 4 is 21.6 Å². The molecule has 0 aliphatic carbocycles. The van der Waals surface area contributed by atoms with E-state index in [0.717, 1.165) is 27.9 Å². The Bertz CT molecular complexity index is 653. The number of anilines is 1. The summed E-state index contributed by atoms with van der Waals surface area (Å²) in [5.41, 5.74) is 0.990. The Morgan fingerprint density at radius 3 is 2.43 bits per heavy atom. The normalized spacial score (nSPS) is 11.5. The van der Waals surface area contributed by atoms with Gasteiger partial charge in [-0.2, -0.15) is 13.2 Å². The van der Waals surface area contributed by atoms with Gasteiger partial charge in [-0.3, -0.25) is 0 Å². The Morgan fingerprint density at radius 2 is 1.81 bits per heavy atom. The molecule has 0 bridgehead atoms. The fraction of sp³-hybridized carbons (Fsp3) is 0.200. The van der Waals surface area contributed by atoms with E-state index < -0.39 is 17.6 Å². The maximum atomic E-state index is 13.3. The van der Waals surface area contributed by atoms with Crippen LogP contribution in [-0.4, -0.2) is 0 Å². The Morgan fingerprint density at radius 1 is 1.10 bits per heavy atom. The molecule has 0 saturated carbocycles. The summed E-state index contributed by atoms with van der Waals surface area (Å²) >= 11 is 3.33. The third-order valence-electron chi connectivity index (χ3n) is 2.96. The molecule has 0 radical (unpaired) electrons. The van der Waals surface area contributed by atoms with Crippen LogP contribution in [0.2, 0.25) is 0 Å². The van der Waals surface area contributed by atoms with E-state index in [-0.39, 0.29) is 12.1 Å². The minimum atomic E-state index is -4.55. The van der Waals surface area contributed by atoms with Crippen molar-refractivity contribution in [3.8, 4) is 0 Å². The molecule has 2 rings (SSSR count). The minimum Gasteiger partial charge on any atom is -0.381 e. The van der Waals surface area contributed by atoms with Crippen molar-refractivity contribution in [3.63, 3.8) is 0 Å². The largest absolute Gasteiger partial charge is 0.416 e. The average molecular weight is 362 g/mol. The summed E-state index contributed by atoms with van der Waals surface area (Å²) in [5.74, 6) is -0.894. The molecule has 6 heteroatoms. The van der Waals surface area contributed by atoms with Gasteiger partial charge in [0.2, 0.25) is 0 Å². The summed E-state index contributed by atoms with van der Waals surface area (Å²) < 4.78 is 52.1. The fourth-order valence-corrected chi connectivity index (χ4v) is 2.41. The lowest BCUT2D eigenvalue weighted by Gasteiger charge is -2.12. The number of alkyl halides is 3. The quantitative estimate of drug-likeness (QED) is 0.709. The first-order chi connectivity index (χ1) is 9.75. The molecule has 2 aromatic carbocycles. The molecule has 0 aliphatic rings. The summed E-state index contributed by atoms with van der Waals surface area (Å²) in [5, 5.41) is 3.01. The second-order valence-corrected chi connectivity index (χ2v) is 5.57. The minimum absolute atomic E-state index is 0.114. The van der Waals surface area contributed by atoms with Crippen LogP contribution in [0.1, 0.15) is 16.7 Å². The van der Waals surface area contributed by atoms with Gasteiger partial charge in [-0.1, -0.05) is 15.9 Å². The van der Waals surface area contributed by atoms with Crippen LogP contribution in [0.25, 0.3) is 0 Å². The number of benzene rings is 2. The Kier molecular flexibility index (Phi) is 4.56. The zero-order valence-electron chi connectivity index (χ0n) is 11.1. The molecule has 0 spiro atoms. The summed E-state index contributed by atoms with van der Waals surface area (Å²) in [7, 11) is 0. The highest BCUT2D eigenvalue weighted by atomic mass is 79.9. The van der Waals surface area contributed by atoms with E-state index in [1.807, 2.05) is 25.1 Å². The molecule has 1 nitrogen and oxygen atoms in total. The van der Waals surface area contributed by atoms with Gasteiger partial charge < -0.3 is 5.32 Å². The smallest absolute Gasteiger partial charge is 0.381 e. The average Bonchev–Trinajstić information content (AvgIpc) is 2.36. The van der Waals surface area contributed by atoms with E-state index in [0.29, 0.717) is 6.07 Å². The Balaban J connectivity index is 2.18. The number of rotatable bonds is 3. The molecule has 0 amide bonds. The summed E-state index contributed by atoms with van der Waals surface area (Å²) in [6.07, 6.45) is -4.55. The van der Waals surface area contributed by atoms with Gasteiger partial charge in [0.1, 0.15) is 5.82 Å². The second kappa shape index (κ2) is 6.05. The summed E-state index contributed by atoms with van der Waals surface area (Å²) in [6.45, 7) is 1.99. The SMILES string of the molecule is Cc1cc(Br)ccc1NCc1cc(F)cc(C(F)(F)F)c1. The van der Waals surface area contributed by atoms with Crippen LogP contribution in [0, 0.1) is 12.7 Å². The number of halogens is 5. The van der Waals surface area contributed by atoms with Crippen LogP contribution in [0.15, 0.2) is 40.9 Å². The van der Waals surface area contributed by atoms with Gasteiger partial charge in [-0.25, -0.2) is 4.39 Å². The lowest BCUT2D eigenvalue weighted by molar-refractivity contribution is -0.137. The van der Waals surface area contributed by atoms with Crippen molar-refractivity contribution < 1.29 is 17.6 Å². The number of hydrogen-bond donors (Lipinski definition) is 1. The van der Waals surface area contributed by atoms with Crippen LogP contribution in [0.4, 0.5) is 23.2 Å². The van der Waals surface area contributed by atoms with E-state index in [1.165, 1.54) is 0 Å². The molecular formula is C15H12BrF4N. The standard InChI is InChI=1S/C15H12BrF4N/c1-9-4-12(16)2-3-14(9)21-8-10-5-11(15(18,19)20)7-13(17)6-10/h2-7,21H,8H2,1H3. The summed E-state index contributed by atoms with van der Waals surface area (Å²) in [4.78, 5) is 0. The Hall–Kier alpha value is -1.56. The van der Waals surface area contributed by atoms with Gasteiger partial charge >= 0.3 is 6.18 Å². The predicted molar refractivity (Wildman–Crippen MR) is 77.6 cm³/mol. The van der Waals surface area contributed by atoms with E-state index in [9.17, 15) is 17.6 Å². The van der Waals surface area contributed by atoms with Gasteiger partial charge in [0.15, 0.2) is 0 Å². The maximum Gasteiger partial charge on any atom is 0.416 e. The summed E-state index contributed by atoms with van der Waals surface area (Å²) in [6, 6.07) is 8.05. The lowest BCUT2D eigenvalue weighted by atomic mass is 10.1. The van der Waals surface area contributed by atoms with Gasteiger partial charge in [0.05, 0.1) is 5.56 Å². The first-order valence-corrected chi connectivity index (χ1v) is 6.92. The molecule has 0 heterocycles. The number of hydrogen-bond acceptors (Lipinski definition) is 1. The van der Waals surface area contributed by atoms with Crippen LogP contribution in [0.5, 0.6) is 0 Å². The van der Waals surface area contributed by atoms with Gasteiger partial charge in [-0.15, -0.1) is 0 Å². The van der Waals surface area contributed by atoms with E-state index in [2.05, 4.69) is 21.2 Å². The van der Waals surface area contributed by atoms with Crippen LogP contribution < -0.4 is 5.32 Å². The van der Waals surface area contributed by atoms with Crippen LogP contribution in [0.3, 0.4) is 0 Å². The molecule has 21 heavy (non-hydrogen) atoms. The third-order valence-corrected chi connectivity index (χ3v) is 3.45. The van der Waals surface area contributed by atoms with Crippen molar-refractivity contribution in [3.05, 3.63) is 63.4 Å². The van der Waals surface area contributed by atoms with Crippen LogP contribution >= 0.6 is 15.9 Å². The van der Waals surface area contributed by atoms with Gasteiger partial charge in [0.25, 0.3) is 0 Å². The first kappa shape index (κ1) is 15.8. The second-order valence-electron chi connectivity index (χ2n) is 4.66. The molecular weight excluding hydrogens is 350 g/mol. The lowest BCUT2D eigenvalue weighted by Crippen LogP contribution is -2.08. The predicted octanol–water partition coefficient (Wildman–Crippen LogP) is 5.53. The molecule has 0 aromatic heterocycles. The zero-order valence-corrected chi connectivity index (χ0v) is 12.6. The van der Waals surface area contributed by atoms with E-state index in [1.54, 1.807) is 0 Å². The van der Waals surface area contributed by atoms with Gasteiger partial charge in [-0.05, 0) is 54.4 Å². The highest BCUT2D eigenvalue weighted by molar-refractivity contribution is 9.10. The zero-order chi connectivity index (χ0) is 15.6. The molecule has 2 aromatic rings. The fourth-order valence-electron chi connectivity index (χ4n) is 1.94. The Labute approximate surface area is 128 Å². The van der Waals surface area contributed by atoms with E-state index in [4.69, 9.17) is 0 Å². The molecule has 1 N–H and O–H groups in total. The molecule has 0 aliphatic heterocycles. The number of aryl methyl sites for hydroxylation is 1. The monoisotopic (exact) mass is 361 g/mol. The van der Waals surface area contributed by atoms with Crippen molar-refractivity contribution in [1.82, 2.24) is 0 Å². The molecule has 112 valence electrons. The molecule has 0 saturated heterocycles. The van der Waals surface area contributed by atoms with Crippen molar-refractivity contribution in [1.29, 1.82) is 0 Å². The number of nitrogens with one attached hydrogen (secondary N) is 1. The third kappa shape index (κ3) is 4.20. The van der Waals surface area contributed by atoms with Gasteiger partial charge in [0, 0.05) is 16.7 Å². The topological polar surface area (TPSA) is 12.0 Å². The maximum absolute atomic E-state index is 13.3. The molecule has 0 unspecified atom stereocenters. The molecule has 0 atom stereocenters. The van der Waals surface area contributed by atoms with Crippen LogP contribution in [-0.2, 0) is 12.7 Å². The highest BCUT2D eigenvalue weighted by Gasteiger charge is 2.31. The highest BCUT2D eigenvalue weighted by Crippen LogP contribution is 2.30. The first-order valence-electron chi connectivity index (χ1n) is 6.12. The van der Waals surface area contributed by atoms with E-state index >= 15 is 0 Å². The van der Waals surface area contributed by atoms with Crippen molar-refractivity contribution in [2.24, 2.45) is 0 Å². The van der Waals surface area contributed by atoms with Crippen molar-refractivity contribution in [2.45, 2.75) is 19.6 Å². The van der Waals surface area contributed by atoms with Crippen molar-refractivity contribution in [2.75, 3.05) is 5.32 Å². The molecule has 0 fully saturated rings.